The number of allylic oxidation sites excluding steroid dienone is 1. The number of benzene rings is 1. The number of hydrogen-bond donors (Lipinski definition) is 1. The molecule has 4 aromatic rings. The van der Waals surface area contributed by atoms with Crippen LogP contribution in [0.1, 0.15) is 26.0 Å². The third-order valence-electron chi connectivity index (χ3n) is 6.92. The number of anilines is 1. The van der Waals surface area contributed by atoms with E-state index >= 15 is 8.78 Å². The van der Waals surface area contributed by atoms with E-state index in [9.17, 15) is 4.39 Å². The van der Waals surface area contributed by atoms with Crippen molar-refractivity contribution >= 4 is 38.2 Å². The average molecular weight is 532 g/mol. The van der Waals surface area contributed by atoms with Crippen LogP contribution in [0.25, 0.3) is 27.7 Å². The monoisotopic (exact) mass is 532 g/mol. The van der Waals surface area contributed by atoms with Gasteiger partial charge in [0.15, 0.2) is 5.82 Å². The minimum Gasteiger partial charge on any atom is -0.373 e. The number of piperidine rings is 1. The molecule has 3 aromatic heterocycles. The SMILES string of the molecule is [B]CC(=C)N1CCC(Nc2nc(CC([B])(C)C)c3c(-c4ccc5nnn(CCF)c5c4)c(F)cn3n2)C(F)C1. The second-order valence-corrected chi connectivity index (χ2v) is 10.7. The van der Waals surface area contributed by atoms with Gasteiger partial charge in [0.05, 0.1) is 57.7 Å². The molecule has 4 heterocycles. The molecule has 1 fully saturated rings. The van der Waals surface area contributed by atoms with Crippen molar-refractivity contribution in [2.24, 2.45) is 0 Å². The van der Waals surface area contributed by atoms with Gasteiger partial charge in [0.2, 0.25) is 5.95 Å². The number of halogens is 3. The summed E-state index contributed by atoms with van der Waals surface area (Å²) in [6, 6.07) is 4.64. The molecule has 1 aliphatic heterocycles. The highest BCUT2D eigenvalue weighted by molar-refractivity contribution is 6.14. The maximum atomic E-state index is 15.6. The summed E-state index contributed by atoms with van der Waals surface area (Å²) in [5.41, 5.74) is 3.64. The molecule has 2 atom stereocenters. The highest BCUT2D eigenvalue weighted by Crippen LogP contribution is 2.36. The lowest BCUT2D eigenvalue weighted by Crippen LogP contribution is -2.47. The van der Waals surface area contributed by atoms with Crippen LogP contribution in [-0.4, -0.2) is 82.2 Å². The van der Waals surface area contributed by atoms with E-state index in [0.717, 1.165) is 0 Å². The fourth-order valence-electron chi connectivity index (χ4n) is 5.03. The summed E-state index contributed by atoms with van der Waals surface area (Å²) < 4.78 is 46.5. The Kier molecular flexibility index (Phi) is 7.35. The van der Waals surface area contributed by atoms with Crippen LogP contribution in [0.5, 0.6) is 0 Å². The summed E-state index contributed by atoms with van der Waals surface area (Å²) in [5.74, 6) is -0.332. The molecule has 1 aromatic carbocycles. The lowest BCUT2D eigenvalue weighted by atomic mass is 9.69. The van der Waals surface area contributed by atoms with E-state index in [1.807, 2.05) is 18.7 Å². The number of aryl methyl sites for hydroxylation is 1. The second-order valence-electron chi connectivity index (χ2n) is 10.7. The van der Waals surface area contributed by atoms with Crippen molar-refractivity contribution in [2.75, 3.05) is 25.1 Å². The molecule has 0 aliphatic carbocycles. The van der Waals surface area contributed by atoms with Crippen molar-refractivity contribution in [1.29, 1.82) is 0 Å². The number of nitrogens with zero attached hydrogens (tertiary/aromatic N) is 7. The molecule has 13 heteroatoms. The van der Waals surface area contributed by atoms with Crippen molar-refractivity contribution in [3.05, 3.63) is 48.2 Å². The molecule has 0 spiro atoms. The molecular formula is C26H29B2F3N8. The highest BCUT2D eigenvalue weighted by atomic mass is 19.1. The van der Waals surface area contributed by atoms with E-state index in [-0.39, 0.29) is 30.9 Å². The van der Waals surface area contributed by atoms with Gasteiger partial charge in [0.1, 0.15) is 18.4 Å². The molecule has 4 radical (unpaired) electrons. The van der Waals surface area contributed by atoms with Crippen LogP contribution in [-0.2, 0) is 13.0 Å². The Bertz CT molecular complexity index is 1510. The third kappa shape index (κ3) is 5.49. The number of hydrogen-bond acceptors (Lipinski definition) is 6. The number of alkyl halides is 2. The van der Waals surface area contributed by atoms with Gasteiger partial charge in [-0.25, -0.2) is 27.4 Å². The summed E-state index contributed by atoms with van der Waals surface area (Å²) in [6.07, 6.45) is 1.13. The molecule has 0 amide bonds. The predicted molar refractivity (Wildman–Crippen MR) is 147 cm³/mol. The maximum absolute atomic E-state index is 15.6. The normalized spacial score (nSPS) is 18.2. The zero-order valence-electron chi connectivity index (χ0n) is 22.0. The number of nitrogens with one attached hydrogen (secondary N) is 1. The van der Waals surface area contributed by atoms with E-state index in [1.54, 1.807) is 18.2 Å². The fraction of sp³-hybridized carbons (Fsp3) is 0.462. The molecule has 39 heavy (non-hydrogen) atoms. The third-order valence-corrected chi connectivity index (χ3v) is 6.92. The zero-order chi connectivity index (χ0) is 27.9. The first-order chi connectivity index (χ1) is 18.6. The van der Waals surface area contributed by atoms with Gasteiger partial charge in [-0.1, -0.05) is 43.3 Å². The summed E-state index contributed by atoms with van der Waals surface area (Å²) in [6.45, 7) is 7.79. The first-order valence-electron chi connectivity index (χ1n) is 12.9. The van der Waals surface area contributed by atoms with Gasteiger partial charge in [0.25, 0.3) is 0 Å². The fourth-order valence-corrected chi connectivity index (χ4v) is 5.03. The maximum Gasteiger partial charge on any atom is 0.241 e. The largest absolute Gasteiger partial charge is 0.373 e. The molecule has 1 saturated heterocycles. The van der Waals surface area contributed by atoms with Crippen LogP contribution >= 0.6 is 0 Å². The van der Waals surface area contributed by atoms with Gasteiger partial charge in [-0.2, -0.15) is 0 Å². The summed E-state index contributed by atoms with van der Waals surface area (Å²) in [5, 5.41) is 15.0. The van der Waals surface area contributed by atoms with Crippen molar-refractivity contribution in [1.82, 2.24) is 34.5 Å². The van der Waals surface area contributed by atoms with E-state index in [0.29, 0.717) is 52.9 Å². The first kappa shape index (κ1) is 27.1. The van der Waals surface area contributed by atoms with Gasteiger partial charge in [-0.05, 0) is 36.2 Å². The Morgan fingerprint density at radius 2 is 2.10 bits per heavy atom. The lowest BCUT2D eigenvalue weighted by molar-refractivity contribution is 0.154. The Labute approximate surface area is 227 Å². The van der Waals surface area contributed by atoms with Crippen LogP contribution in [0.15, 0.2) is 36.7 Å². The molecule has 0 bridgehead atoms. The molecule has 1 N–H and O–H groups in total. The van der Waals surface area contributed by atoms with Crippen LogP contribution < -0.4 is 5.32 Å². The van der Waals surface area contributed by atoms with Crippen molar-refractivity contribution in [3.8, 4) is 11.1 Å². The summed E-state index contributed by atoms with van der Waals surface area (Å²) in [4.78, 5) is 6.54. The van der Waals surface area contributed by atoms with Gasteiger partial charge in [0, 0.05) is 12.1 Å². The van der Waals surface area contributed by atoms with Gasteiger partial charge in [-0.3, -0.25) is 0 Å². The highest BCUT2D eigenvalue weighted by Gasteiger charge is 2.31. The number of likely N-dealkylation sites (tertiary alicyclic amines) is 1. The molecule has 200 valence electrons. The standard InChI is InChI=1S/C26H29B2F3N8/c1-15(12-27)37-8-6-19(17(30)13-37)32-25-33-21(11-26(2,3)28)24-23(18(31)14-39(24)35-25)16-4-5-20-22(10-16)38(9-7-29)36-34-20/h4-5,10,14,17,19H,1,6-9,11-13H2,2-3H3,(H,32,35). The van der Waals surface area contributed by atoms with Crippen molar-refractivity contribution in [3.63, 3.8) is 0 Å². The summed E-state index contributed by atoms with van der Waals surface area (Å²) in [7, 11) is 12.0. The quantitative estimate of drug-likeness (QED) is 0.328. The predicted octanol–water partition coefficient (Wildman–Crippen LogP) is 4.08. The minimum absolute atomic E-state index is 0.0402. The number of fused-ring (bicyclic) bond motifs is 2. The van der Waals surface area contributed by atoms with Crippen LogP contribution in [0.4, 0.5) is 19.1 Å². The zero-order valence-corrected chi connectivity index (χ0v) is 22.0. The molecule has 1 aliphatic rings. The number of rotatable bonds is 9. The smallest absolute Gasteiger partial charge is 0.241 e. The van der Waals surface area contributed by atoms with Crippen molar-refractivity contribution < 1.29 is 13.2 Å². The first-order valence-corrected chi connectivity index (χ1v) is 12.9. The van der Waals surface area contributed by atoms with Crippen LogP contribution in [0.3, 0.4) is 0 Å². The Morgan fingerprint density at radius 1 is 1.31 bits per heavy atom. The van der Waals surface area contributed by atoms with Gasteiger partial charge >= 0.3 is 0 Å². The molecule has 5 rings (SSSR count). The van der Waals surface area contributed by atoms with E-state index in [4.69, 9.17) is 20.7 Å². The average Bonchev–Trinajstić information content (AvgIpc) is 3.43. The Morgan fingerprint density at radius 3 is 2.79 bits per heavy atom. The van der Waals surface area contributed by atoms with Gasteiger partial charge in [-0.15, -0.1) is 10.2 Å². The van der Waals surface area contributed by atoms with E-state index in [2.05, 4.69) is 27.3 Å². The van der Waals surface area contributed by atoms with E-state index in [1.165, 1.54) is 15.4 Å². The van der Waals surface area contributed by atoms with Crippen LogP contribution in [0.2, 0.25) is 11.6 Å². The molecular weight excluding hydrogens is 503 g/mol. The second kappa shape index (κ2) is 10.6. The Balaban J connectivity index is 1.55. The van der Waals surface area contributed by atoms with Gasteiger partial charge < -0.3 is 10.2 Å². The molecule has 2 unspecified atom stereocenters. The molecule has 8 nitrogen and oxygen atoms in total. The number of aromatic nitrogens is 6. The topological polar surface area (TPSA) is 76.2 Å². The Hall–Kier alpha value is -3.50. The molecule has 0 saturated carbocycles. The van der Waals surface area contributed by atoms with Crippen LogP contribution in [0, 0.1) is 5.82 Å². The van der Waals surface area contributed by atoms with Crippen molar-refractivity contribution in [2.45, 2.75) is 57.1 Å². The summed E-state index contributed by atoms with van der Waals surface area (Å²) >= 11 is 0. The van der Waals surface area contributed by atoms with E-state index < -0.39 is 30.0 Å². The lowest BCUT2D eigenvalue weighted by Gasteiger charge is -2.37. The minimum atomic E-state index is -1.21.